The molecule has 0 saturated heterocycles. The minimum atomic E-state index is -0.0161. The summed E-state index contributed by atoms with van der Waals surface area (Å²) >= 11 is 0. The molecule has 1 aromatic carbocycles. The van der Waals surface area contributed by atoms with Crippen LogP contribution in [0.2, 0.25) is 0 Å². The summed E-state index contributed by atoms with van der Waals surface area (Å²) < 4.78 is 0. The number of carbonyl (C=O) groups excluding carboxylic acids is 2. The second-order valence-electron chi connectivity index (χ2n) is 4.27. The first-order valence-corrected chi connectivity index (χ1v) is 5.99. The van der Waals surface area contributed by atoms with Crippen LogP contribution in [0.1, 0.15) is 34.8 Å². The molecule has 0 spiro atoms. The Hall–Kier alpha value is -2.10. The summed E-state index contributed by atoms with van der Waals surface area (Å²) in [7, 11) is 0. The molecule has 0 unspecified atom stereocenters. The van der Waals surface area contributed by atoms with Crippen molar-refractivity contribution in [1.29, 1.82) is 0 Å². The zero-order valence-corrected chi connectivity index (χ0v) is 10.3. The van der Waals surface area contributed by atoms with Gasteiger partial charge >= 0.3 is 0 Å². The van der Waals surface area contributed by atoms with Gasteiger partial charge in [-0.2, -0.15) is 0 Å². The van der Waals surface area contributed by atoms with Gasteiger partial charge in [-0.15, -0.1) is 0 Å². The first-order chi connectivity index (χ1) is 8.66. The summed E-state index contributed by atoms with van der Waals surface area (Å²) in [4.78, 5) is 22.1. The van der Waals surface area contributed by atoms with Gasteiger partial charge in [-0.25, -0.2) is 0 Å². The number of hydrogen-bond donors (Lipinski definition) is 2. The molecule has 1 aromatic rings. The Morgan fingerprint density at radius 3 is 3.11 bits per heavy atom. The van der Waals surface area contributed by atoms with Gasteiger partial charge in [-0.1, -0.05) is 24.3 Å². The van der Waals surface area contributed by atoms with E-state index in [2.05, 4.69) is 10.6 Å². The third-order valence-corrected chi connectivity index (χ3v) is 2.81. The van der Waals surface area contributed by atoms with Crippen LogP contribution >= 0.6 is 0 Å². The molecule has 0 radical (unpaired) electrons. The Balaban J connectivity index is 1.94. The SMILES string of the molecule is CC(=O)NCCC=Cc1ccc2c(c1)C(=O)NC2. The van der Waals surface area contributed by atoms with Gasteiger partial charge in [0.05, 0.1) is 0 Å². The van der Waals surface area contributed by atoms with Crippen LogP contribution in [-0.4, -0.2) is 18.4 Å². The van der Waals surface area contributed by atoms with Gasteiger partial charge in [0.25, 0.3) is 5.91 Å². The van der Waals surface area contributed by atoms with E-state index in [1.165, 1.54) is 6.92 Å². The van der Waals surface area contributed by atoms with Crippen molar-refractivity contribution in [3.8, 4) is 0 Å². The third-order valence-electron chi connectivity index (χ3n) is 2.81. The van der Waals surface area contributed by atoms with E-state index in [1.807, 2.05) is 30.4 Å². The zero-order valence-electron chi connectivity index (χ0n) is 10.3. The number of benzene rings is 1. The molecule has 2 N–H and O–H groups in total. The van der Waals surface area contributed by atoms with Crippen molar-refractivity contribution >= 4 is 17.9 Å². The standard InChI is InChI=1S/C14H16N2O2/c1-10(17)15-7-3-2-4-11-5-6-12-9-16-14(18)13(12)8-11/h2,4-6,8H,3,7,9H2,1H3,(H,15,17)(H,16,18). The van der Waals surface area contributed by atoms with Crippen LogP contribution in [0, 0.1) is 0 Å². The highest BCUT2D eigenvalue weighted by Gasteiger charge is 2.17. The van der Waals surface area contributed by atoms with Gasteiger partial charge in [0, 0.05) is 25.6 Å². The fraction of sp³-hybridized carbons (Fsp3) is 0.286. The summed E-state index contributed by atoms with van der Waals surface area (Å²) in [6.45, 7) is 2.76. The van der Waals surface area contributed by atoms with E-state index in [0.29, 0.717) is 13.1 Å². The summed E-state index contributed by atoms with van der Waals surface area (Å²) in [5.74, 6) is -0.0175. The zero-order chi connectivity index (χ0) is 13.0. The number of rotatable bonds is 4. The smallest absolute Gasteiger partial charge is 0.251 e. The lowest BCUT2D eigenvalue weighted by Crippen LogP contribution is -2.20. The van der Waals surface area contributed by atoms with Gasteiger partial charge in [-0.05, 0) is 23.6 Å². The molecule has 94 valence electrons. The average molecular weight is 244 g/mol. The van der Waals surface area contributed by atoms with Crippen LogP contribution < -0.4 is 10.6 Å². The van der Waals surface area contributed by atoms with Crippen LogP contribution in [0.5, 0.6) is 0 Å². The highest BCUT2D eigenvalue weighted by molar-refractivity contribution is 5.98. The van der Waals surface area contributed by atoms with E-state index in [9.17, 15) is 9.59 Å². The molecule has 1 aliphatic rings. The molecule has 18 heavy (non-hydrogen) atoms. The van der Waals surface area contributed by atoms with Gasteiger partial charge in [0.1, 0.15) is 0 Å². The molecular weight excluding hydrogens is 228 g/mol. The third kappa shape index (κ3) is 2.97. The molecule has 0 aromatic heterocycles. The molecule has 0 fully saturated rings. The van der Waals surface area contributed by atoms with Crippen molar-refractivity contribution in [3.05, 3.63) is 41.0 Å². The summed E-state index contributed by atoms with van der Waals surface area (Å²) in [5.41, 5.74) is 2.82. The number of hydrogen-bond acceptors (Lipinski definition) is 2. The number of carbonyl (C=O) groups is 2. The van der Waals surface area contributed by atoms with Crippen molar-refractivity contribution in [2.24, 2.45) is 0 Å². The Morgan fingerprint density at radius 1 is 1.50 bits per heavy atom. The van der Waals surface area contributed by atoms with Crippen LogP contribution in [0.3, 0.4) is 0 Å². The maximum Gasteiger partial charge on any atom is 0.251 e. The van der Waals surface area contributed by atoms with E-state index in [4.69, 9.17) is 0 Å². The molecule has 0 atom stereocenters. The normalized spacial score (nSPS) is 13.5. The fourth-order valence-electron chi connectivity index (χ4n) is 1.88. The first kappa shape index (κ1) is 12.4. The maximum absolute atomic E-state index is 11.5. The predicted octanol–water partition coefficient (Wildman–Crippen LogP) is 1.47. The topological polar surface area (TPSA) is 58.2 Å². The van der Waals surface area contributed by atoms with Crippen molar-refractivity contribution in [1.82, 2.24) is 10.6 Å². The minimum Gasteiger partial charge on any atom is -0.356 e. The first-order valence-electron chi connectivity index (χ1n) is 5.99. The predicted molar refractivity (Wildman–Crippen MR) is 69.9 cm³/mol. The van der Waals surface area contributed by atoms with Gasteiger partial charge < -0.3 is 10.6 Å². The van der Waals surface area contributed by atoms with E-state index >= 15 is 0 Å². The lowest BCUT2D eigenvalue weighted by Gasteiger charge is -1.99. The molecule has 4 nitrogen and oxygen atoms in total. The van der Waals surface area contributed by atoms with Crippen LogP contribution in [0.25, 0.3) is 6.08 Å². The van der Waals surface area contributed by atoms with Gasteiger partial charge in [-0.3, -0.25) is 9.59 Å². The maximum atomic E-state index is 11.5. The van der Waals surface area contributed by atoms with E-state index in [0.717, 1.165) is 23.1 Å². The molecule has 0 saturated carbocycles. The number of fused-ring (bicyclic) bond motifs is 1. The second kappa shape index (κ2) is 5.49. The summed E-state index contributed by atoms with van der Waals surface area (Å²) in [6, 6.07) is 5.86. The summed E-state index contributed by atoms with van der Waals surface area (Å²) in [6.07, 6.45) is 4.74. The molecule has 1 heterocycles. The molecule has 2 amide bonds. The van der Waals surface area contributed by atoms with Crippen LogP contribution in [-0.2, 0) is 11.3 Å². The van der Waals surface area contributed by atoms with Crippen molar-refractivity contribution in [2.75, 3.05) is 6.54 Å². The second-order valence-corrected chi connectivity index (χ2v) is 4.27. The van der Waals surface area contributed by atoms with Gasteiger partial charge in [0.15, 0.2) is 0 Å². The number of amides is 2. The van der Waals surface area contributed by atoms with Crippen LogP contribution in [0.15, 0.2) is 24.3 Å². The number of nitrogens with one attached hydrogen (secondary N) is 2. The largest absolute Gasteiger partial charge is 0.356 e. The van der Waals surface area contributed by atoms with Crippen molar-refractivity contribution in [2.45, 2.75) is 19.9 Å². The Morgan fingerprint density at radius 2 is 2.33 bits per heavy atom. The molecule has 2 rings (SSSR count). The highest BCUT2D eigenvalue weighted by atomic mass is 16.2. The molecule has 0 aliphatic carbocycles. The van der Waals surface area contributed by atoms with E-state index in [-0.39, 0.29) is 11.8 Å². The monoisotopic (exact) mass is 244 g/mol. The Bertz CT molecular complexity index is 507. The fourth-order valence-corrected chi connectivity index (χ4v) is 1.88. The van der Waals surface area contributed by atoms with Crippen molar-refractivity contribution < 1.29 is 9.59 Å². The minimum absolute atomic E-state index is 0.00139. The Kier molecular flexibility index (Phi) is 3.77. The lowest BCUT2D eigenvalue weighted by atomic mass is 10.1. The van der Waals surface area contributed by atoms with E-state index < -0.39 is 0 Å². The molecule has 1 aliphatic heterocycles. The summed E-state index contributed by atoms with van der Waals surface area (Å²) in [5, 5.41) is 5.52. The van der Waals surface area contributed by atoms with Crippen LogP contribution in [0.4, 0.5) is 0 Å². The quantitative estimate of drug-likeness (QED) is 0.788. The molecule has 4 heteroatoms. The van der Waals surface area contributed by atoms with Gasteiger partial charge in [0.2, 0.25) is 5.91 Å². The lowest BCUT2D eigenvalue weighted by molar-refractivity contribution is -0.118. The molecule has 0 bridgehead atoms. The Labute approximate surface area is 106 Å². The van der Waals surface area contributed by atoms with Crippen molar-refractivity contribution in [3.63, 3.8) is 0 Å². The molecular formula is C14H16N2O2. The average Bonchev–Trinajstić information content (AvgIpc) is 2.70. The highest BCUT2D eigenvalue weighted by Crippen LogP contribution is 2.17. The van der Waals surface area contributed by atoms with E-state index in [1.54, 1.807) is 0 Å².